The molecule has 3 aromatic rings. The van der Waals surface area contributed by atoms with Gasteiger partial charge in [0, 0.05) is 37.8 Å². The van der Waals surface area contributed by atoms with Gasteiger partial charge in [-0.1, -0.05) is 29.8 Å². The van der Waals surface area contributed by atoms with Crippen LogP contribution in [0.5, 0.6) is 0 Å². The molecule has 1 amide bonds. The molecule has 1 aliphatic heterocycles. The van der Waals surface area contributed by atoms with Crippen molar-refractivity contribution in [2.45, 2.75) is 13.3 Å². The summed E-state index contributed by atoms with van der Waals surface area (Å²) in [4.78, 5) is 37.8. The van der Waals surface area contributed by atoms with Gasteiger partial charge in [0.05, 0.1) is 23.3 Å². The van der Waals surface area contributed by atoms with Gasteiger partial charge >= 0.3 is 5.97 Å². The van der Waals surface area contributed by atoms with Crippen molar-refractivity contribution >= 4 is 40.2 Å². The number of halogens is 1. The van der Waals surface area contributed by atoms with Gasteiger partial charge in [0.25, 0.3) is 5.91 Å². The van der Waals surface area contributed by atoms with E-state index in [1.54, 1.807) is 19.1 Å². The number of nitrogens with zero attached hydrogens (tertiary/aromatic N) is 4. The maximum atomic E-state index is 13.3. The molecule has 0 saturated carbocycles. The van der Waals surface area contributed by atoms with Crippen LogP contribution in [-0.4, -0.2) is 59.5 Å². The SMILES string of the molecule is CCOC(=O)c1ccc(N2CCCN(C(=O)c3cc(Cl)nc4ccccc34)CC2)nc1. The molecule has 0 radical (unpaired) electrons. The van der Waals surface area contributed by atoms with Crippen molar-refractivity contribution < 1.29 is 14.3 Å². The highest BCUT2D eigenvalue weighted by molar-refractivity contribution is 6.30. The molecular formula is C23H23ClN4O3. The largest absolute Gasteiger partial charge is 0.462 e. The van der Waals surface area contributed by atoms with Gasteiger partial charge in [-0.05, 0) is 37.6 Å². The van der Waals surface area contributed by atoms with Gasteiger partial charge in [0.1, 0.15) is 11.0 Å². The molecule has 0 bridgehead atoms. The van der Waals surface area contributed by atoms with E-state index < -0.39 is 0 Å². The minimum absolute atomic E-state index is 0.0482. The molecule has 7 nitrogen and oxygen atoms in total. The summed E-state index contributed by atoms with van der Waals surface area (Å²) < 4.78 is 5.00. The van der Waals surface area contributed by atoms with Crippen LogP contribution in [0.1, 0.15) is 34.1 Å². The van der Waals surface area contributed by atoms with Gasteiger partial charge < -0.3 is 14.5 Å². The lowest BCUT2D eigenvalue weighted by atomic mass is 10.1. The quantitative estimate of drug-likeness (QED) is 0.455. The fourth-order valence-electron chi connectivity index (χ4n) is 3.75. The predicted molar refractivity (Wildman–Crippen MR) is 120 cm³/mol. The number of aromatic nitrogens is 2. The van der Waals surface area contributed by atoms with Crippen molar-refractivity contribution in [3.8, 4) is 0 Å². The van der Waals surface area contributed by atoms with Crippen molar-refractivity contribution in [1.82, 2.24) is 14.9 Å². The number of ether oxygens (including phenoxy) is 1. The summed E-state index contributed by atoms with van der Waals surface area (Å²) in [5.41, 5.74) is 1.71. The van der Waals surface area contributed by atoms with Crippen LogP contribution in [0.3, 0.4) is 0 Å². The lowest BCUT2D eigenvalue weighted by Gasteiger charge is -2.23. The Morgan fingerprint density at radius 3 is 2.71 bits per heavy atom. The zero-order chi connectivity index (χ0) is 21.8. The highest BCUT2D eigenvalue weighted by Crippen LogP contribution is 2.23. The topological polar surface area (TPSA) is 75.6 Å². The molecule has 160 valence electrons. The third-order valence-corrected chi connectivity index (χ3v) is 5.48. The second-order valence-corrected chi connectivity index (χ2v) is 7.66. The number of hydrogen-bond donors (Lipinski definition) is 0. The van der Waals surface area contributed by atoms with Crippen molar-refractivity contribution in [3.05, 3.63) is 64.9 Å². The molecule has 1 saturated heterocycles. The van der Waals surface area contributed by atoms with Gasteiger partial charge in [-0.3, -0.25) is 4.79 Å². The normalized spacial score (nSPS) is 14.4. The average Bonchev–Trinajstić information content (AvgIpc) is 3.04. The number of carbonyl (C=O) groups is 2. The van der Waals surface area contributed by atoms with Crippen LogP contribution in [-0.2, 0) is 4.74 Å². The number of anilines is 1. The molecule has 1 fully saturated rings. The van der Waals surface area contributed by atoms with Crippen LogP contribution >= 0.6 is 11.6 Å². The van der Waals surface area contributed by atoms with E-state index in [-0.39, 0.29) is 11.9 Å². The number of pyridine rings is 2. The zero-order valence-electron chi connectivity index (χ0n) is 17.3. The Morgan fingerprint density at radius 1 is 1.10 bits per heavy atom. The molecule has 1 aromatic carbocycles. The predicted octanol–water partition coefficient (Wildman–Crippen LogP) is 3.81. The molecule has 0 atom stereocenters. The molecule has 4 rings (SSSR count). The van der Waals surface area contributed by atoms with Gasteiger partial charge in [-0.15, -0.1) is 0 Å². The van der Waals surface area contributed by atoms with Crippen LogP contribution in [0.2, 0.25) is 5.15 Å². The van der Waals surface area contributed by atoms with Crippen molar-refractivity contribution in [2.24, 2.45) is 0 Å². The summed E-state index contributed by atoms with van der Waals surface area (Å²) in [5, 5.41) is 1.11. The number of rotatable bonds is 4. The van der Waals surface area contributed by atoms with Crippen LogP contribution < -0.4 is 4.90 Å². The van der Waals surface area contributed by atoms with Crippen molar-refractivity contribution in [2.75, 3.05) is 37.7 Å². The summed E-state index contributed by atoms with van der Waals surface area (Å²) in [6, 6.07) is 12.7. The van der Waals surface area contributed by atoms with E-state index in [9.17, 15) is 9.59 Å². The number of amides is 1. The Morgan fingerprint density at radius 2 is 1.94 bits per heavy atom. The molecule has 2 aromatic heterocycles. The molecular weight excluding hydrogens is 416 g/mol. The van der Waals surface area contributed by atoms with Gasteiger partial charge in [0.15, 0.2) is 0 Å². The van der Waals surface area contributed by atoms with Crippen molar-refractivity contribution in [3.63, 3.8) is 0 Å². The first-order chi connectivity index (χ1) is 15.1. The van der Waals surface area contributed by atoms with E-state index >= 15 is 0 Å². The fourth-order valence-corrected chi connectivity index (χ4v) is 3.95. The fraction of sp³-hybridized carbons (Fsp3) is 0.304. The first kappa shape index (κ1) is 21.1. The van der Waals surface area contributed by atoms with E-state index in [1.165, 1.54) is 6.20 Å². The molecule has 0 unspecified atom stereocenters. The second kappa shape index (κ2) is 9.31. The highest BCUT2D eigenvalue weighted by atomic mass is 35.5. The standard InChI is InChI=1S/C23H23ClN4O3/c1-2-31-23(30)16-8-9-21(25-15-16)27-10-5-11-28(13-12-27)22(29)18-14-20(24)26-19-7-4-3-6-17(18)19/h3-4,6-9,14-15H,2,5,10-13H2,1H3. The van der Waals surface area contributed by atoms with E-state index in [4.69, 9.17) is 16.3 Å². The Bertz CT molecular complexity index is 1100. The van der Waals surface area contributed by atoms with Gasteiger partial charge in [-0.2, -0.15) is 0 Å². The monoisotopic (exact) mass is 438 g/mol. The smallest absolute Gasteiger partial charge is 0.339 e. The molecule has 1 aliphatic rings. The summed E-state index contributed by atoms with van der Waals surface area (Å²) >= 11 is 6.17. The van der Waals surface area contributed by atoms with Crippen LogP contribution in [0.4, 0.5) is 5.82 Å². The average molecular weight is 439 g/mol. The highest BCUT2D eigenvalue weighted by Gasteiger charge is 2.23. The maximum absolute atomic E-state index is 13.3. The first-order valence-corrected chi connectivity index (χ1v) is 10.7. The summed E-state index contributed by atoms with van der Waals surface area (Å²) in [6.07, 6.45) is 2.34. The number of fused-ring (bicyclic) bond motifs is 1. The molecule has 8 heteroatoms. The van der Waals surface area contributed by atoms with Crippen LogP contribution in [0.25, 0.3) is 10.9 Å². The molecule has 31 heavy (non-hydrogen) atoms. The van der Waals surface area contributed by atoms with E-state index in [1.807, 2.05) is 35.2 Å². The number of hydrogen-bond acceptors (Lipinski definition) is 6. The number of esters is 1. The van der Waals surface area contributed by atoms with Gasteiger partial charge in [-0.25, -0.2) is 14.8 Å². The minimum Gasteiger partial charge on any atom is -0.462 e. The summed E-state index contributed by atoms with van der Waals surface area (Å²) in [7, 11) is 0. The first-order valence-electron chi connectivity index (χ1n) is 10.3. The Labute approximate surface area is 185 Å². The summed E-state index contributed by atoms with van der Waals surface area (Å²) in [5.74, 6) is 0.352. The zero-order valence-corrected chi connectivity index (χ0v) is 18.0. The third-order valence-electron chi connectivity index (χ3n) is 5.28. The minimum atomic E-state index is -0.377. The molecule has 3 heterocycles. The third kappa shape index (κ3) is 4.61. The van der Waals surface area contributed by atoms with Crippen LogP contribution in [0.15, 0.2) is 48.7 Å². The second-order valence-electron chi connectivity index (χ2n) is 7.27. The molecule has 0 N–H and O–H groups in total. The van der Waals surface area contributed by atoms with E-state index in [0.29, 0.717) is 48.0 Å². The Balaban J connectivity index is 1.48. The lowest BCUT2D eigenvalue weighted by Crippen LogP contribution is -2.35. The summed E-state index contributed by atoms with van der Waals surface area (Å²) in [6.45, 7) is 4.72. The van der Waals surface area contributed by atoms with E-state index in [0.717, 1.165) is 24.2 Å². The maximum Gasteiger partial charge on any atom is 0.339 e. The van der Waals surface area contributed by atoms with Crippen LogP contribution in [0, 0.1) is 0 Å². The van der Waals surface area contributed by atoms with E-state index in [2.05, 4.69) is 14.9 Å². The van der Waals surface area contributed by atoms with Gasteiger partial charge in [0.2, 0.25) is 0 Å². The number of carbonyl (C=O) groups excluding carboxylic acids is 2. The lowest BCUT2D eigenvalue weighted by molar-refractivity contribution is 0.0525. The Hall–Kier alpha value is -3.19. The van der Waals surface area contributed by atoms with Crippen molar-refractivity contribution in [1.29, 1.82) is 0 Å². The molecule has 0 aliphatic carbocycles. The number of para-hydroxylation sites is 1. The number of benzene rings is 1. The Kier molecular flexibility index (Phi) is 6.32. The molecule has 0 spiro atoms.